The molecule has 118 valence electrons. The van der Waals surface area contributed by atoms with Crippen LogP contribution in [-0.2, 0) is 21.3 Å². The number of rotatable bonds is 7. The lowest BCUT2D eigenvalue weighted by Crippen LogP contribution is -2.29. The van der Waals surface area contributed by atoms with E-state index < -0.39 is 10.0 Å². The predicted molar refractivity (Wildman–Crippen MR) is 82.9 cm³/mol. The van der Waals surface area contributed by atoms with Crippen LogP contribution in [0.2, 0.25) is 5.02 Å². The van der Waals surface area contributed by atoms with Gasteiger partial charge in [-0.2, -0.15) is 0 Å². The first-order valence-electron chi connectivity index (χ1n) is 7.09. The summed E-state index contributed by atoms with van der Waals surface area (Å²) in [7, 11) is -3.50. The van der Waals surface area contributed by atoms with Crippen molar-refractivity contribution in [2.24, 2.45) is 5.92 Å². The first-order chi connectivity index (χ1) is 10.0. The first kappa shape index (κ1) is 16.7. The maximum absolute atomic E-state index is 12.3. The molecule has 0 radical (unpaired) electrons. The molecule has 1 aromatic carbocycles. The number of benzene rings is 1. The molecule has 2 rings (SSSR count). The smallest absolute Gasteiger partial charge is 0.240 e. The lowest BCUT2D eigenvalue weighted by Gasteiger charge is -2.12. The maximum atomic E-state index is 12.3. The van der Waals surface area contributed by atoms with Crippen LogP contribution in [0.25, 0.3) is 0 Å². The number of nitrogens with one attached hydrogen (secondary N) is 2. The van der Waals surface area contributed by atoms with Crippen LogP contribution in [0.1, 0.15) is 18.9 Å². The van der Waals surface area contributed by atoms with Crippen molar-refractivity contribution in [2.45, 2.75) is 24.8 Å². The van der Waals surface area contributed by atoms with Gasteiger partial charge in [0.25, 0.3) is 0 Å². The first-order valence-corrected chi connectivity index (χ1v) is 8.95. The Hall–Kier alpha value is -0.660. The monoisotopic (exact) mass is 332 g/mol. The van der Waals surface area contributed by atoms with Gasteiger partial charge in [0.05, 0.1) is 11.5 Å². The molecule has 21 heavy (non-hydrogen) atoms. The Bertz CT molecular complexity index is 572. The van der Waals surface area contributed by atoms with E-state index in [9.17, 15) is 8.42 Å². The van der Waals surface area contributed by atoms with E-state index in [1.807, 2.05) is 6.92 Å². The molecule has 7 heteroatoms. The van der Waals surface area contributed by atoms with E-state index in [1.54, 1.807) is 12.1 Å². The van der Waals surface area contributed by atoms with Crippen LogP contribution >= 0.6 is 11.6 Å². The molecule has 0 aromatic heterocycles. The summed E-state index contributed by atoms with van der Waals surface area (Å²) < 4.78 is 32.5. The van der Waals surface area contributed by atoms with Crippen LogP contribution in [0.3, 0.4) is 0 Å². The van der Waals surface area contributed by atoms with Crippen molar-refractivity contribution in [1.82, 2.24) is 10.0 Å². The lowest BCUT2D eigenvalue weighted by molar-refractivity contribution is 0.186. The van der Waals surface area contributed by atoms with Crippen molar-refractivity contribution in [3.63, 3.8) is 0 Å². The molecule has 1 unspecified atom stereocenters. The van der Waals surface area contributed by atoms with Crippen molar-refractivity contribution in [2.75, 3.05) is 26.3 Å². The largest absolute Gasteiger partial charge is 0.381 e. The number of sulfonamides is 1. The molecule has 1 fully saturated rings. The number of halogens is 1. The average molecular weight is 333 g/mol. The average Bonchev–Trinajstić information content (AvgIpc) is 2.97. The van der Waals surface area contributed by atoms with Crippen molar-refractivity contribution >= 4 is 21.6 Å². The molecule has 1 aliphatic rings. The van der Waals surface area contributed by atoms with Crippen LogP contribution in [0, 0.1) is 5.92 Å². The minimum atomic E-state index is -3.50. The molecule has 5 nitrogen and oxygen atoms in total. The quantitative estimate of drug-likeness (QED) is 0.798. The molecule has 1 aromatic rings. The van der Waals surface area contributed by atoms with Gasteiger partial charge in [-0.25, -0.2) is 13.1 Å². The molecule has 0 amide bonds. The van der Waals surface area contributed by atoms with Crippen LogP contribution in [0.5, 0.6) is 0 Å². The molecule has 1 atom stereocenters. The van der Waals surface area contributed by atoms with E-state index in [0.29, 0.717) is 31.3 Å². The van der Waals surface area contributed by atoms with Crippen molar-refractivity contribution < 1.29 is 13.2 Å². The topological polar surface area (TPSA) is 67.4 Å². The van der Waals surface area contributed by atoms with Gasteiger partial charge in [0.15, 0.2) is 0 Å². The molecule has 0 bridgehead atoms. The summed E-state index contributed by atoms with van der Waals surface area (Å²) in [6.07, 6.45) is 0.898. The highest BCUT2D eigenvalue weighted by molar-refractivity contribution is 7.89. The standard InChI is InChI=1S/C14H21ClN2O3S/c1-2-16-9-12-7-13(3-4-14(12)15)21(18,19)17-8-11-5-6-20-10-11/h3-4,7,11,16-17H,2,5-6,8-10H2,1H3. The Labute approximate surface area is 131 Å². The summed E-state index contributed by atoms with van der Waals surface area (Å²) in [5.74, 6) is 0.258. The summed E-state index contributed by atoms with van der Waals surface area (Å²) in [6, 6.07) is 4.78. The fourth-order valence-corrected chi connectivity index (χ4v) is 3.52. The van der Waals surface area contributed by atoms with Gasteiger partial charge in [-0.3, -0.25) is 0 Å². The molecular weight excluding hydrogens is 312 g/mol. The Morgan fingerprint density at radius 1 is 1.43 bits per heavy atom. The van der Waals surface area contributed by atoms with Crippen LogP contribution in [0.4, 0.5) is 0 Å². The maximum Gasteiger partial charge on any atom is 0.240 e. The van der Waals surface area contributed by atoms with Gasteiger partial charge < -0.3 is 10.1 Å². The van der Waals surface area contributed by atoms with Gasteiger partial charge >= 0.3 is 0 Å². The Kier molecular flexibility index (Phi) is 6.01. The van der Waals surface area contributed by atoms with Gasteiger partial charge in [0.2, 0.25) is 10.0 Å². The number of hydrogen-bond acceptors (Lipinski definition) is 4. The van der Waals surface area contributed by atoms with Gasteiger partial charge in [-0.15, -0.1) is 0 Å². The molecule has 2 N–H and O–H groups in total. The summed E-state index contributed by atoms with van der Waals surface area (Å²) in [4.78, 5) is 0.249. The predicted octanol–water partition coefficient (Wildman–Crippen LogP) is 1.76. The highest BCUT2D eigenvalue weighted by Crippen LogP contribution is 2.21. The van der Waals surface area contributed by atoms with Crippen molar-refractivity contribution in [3.05, 3.63) is 28.8 Å². The van der Waals surface area contributed by atoms with Crippen LogP contribution in [0.15, 0.2) is 23.1 Å². The zero-order chi connectivity index (χ0) is 15.3. The van der Waals surface area contributed by atoms with Crippen molar-refractivity contribution in [1.29, 1.82) is 0 Å². The highest BCUT2D eigenvalue weighted by atomic mass is 35.5. The van der Waals surface area contributed by atoms with Crippen LogP contribution < -0.4 is 10.0 Å². The minimum Gasteiger partial charge on any atom is -0.381 e. The second-order valence-electron chi connectivity index (χ2n) is 5.12. The summed E-state index contributed by atoms with van der Waals surface area (Å²) in [6.45, 7) is 5.07. The summed E-state index contributed by atoms with van der Waals surface area (Å²) in [5.41, 5.74) is 0.783. The summed E-state index contributed by atoms with van der Waals surface area (Å²) >= 11 is 6.09. The fourth-order valence-electron chi connectivity index (χ4n) is 2.17. The Morgan fingerprint density at radius 2 is 2.24 bits per heavy atom. The molecule has 1 aliphatic heterocycles. The van der Waals surface area contributed by atoms with E-state index in [-0.39, 0.29) is 10.8 Å². The highest BCUT2D eigenvalue weighted by Gasteiger charge is 2.20. The Balaban J connectivity index is 2.07. The van der Waals surface area contributed by atoms with Crippen molar-refractivity contribution in [3.8, 4) is 0 Å². The van der Waals surface area contributed by atoms with Gasteiger partial charge in [-0.1, -0.05) is 18.5 Å². The summed E-state index contributed by atoms with van der Waals surface area (Å²) in [5, 5.41) is 3.71. The van der Waals surface area contributed by atoms with Gasteiger partial charge in [-0.05, 0) is 42.6 Å². The molecular formula is C14H21ClN2O3S. The molecule has 1 saturated heterocycles. The Morgan fingerprint density at radius 3 is 2.90 bits per heavy atom. The van der Waals surface area contributed by atoms with Gasteiger partial charge in [0, 0.05) is 24.7 Å². The molecule has 1 heterocycles. The third kappa shape index (κ3) is 4.66. The number of hydrogen-bond donors (Lipinski definition) is 2. The van der Waals surface area contributed by atoms with E-state index in [1.165, 1.54) is 6.07 Å². The van der Waals surface area contributed by atoms with E-state index in [4.69, 9.17) is 16.3 Å². The number of ether oxygens (including phenoxy) is 1. The van der Waals surface area contributed by atoms with E-state index >= 15 is 0 Å². The van der Waals surface area contributed by atoms with E-state index in [2.05, 4.69) is 10.0 Å². The third-order valence-electron chi connectivity index (χ3n) is 3.48. The van der Waals surface area contributed by atoms with E-state index in [0.717, 1.165) is 18.5 Å². The fraction of sp³-hybridized carbons (Fsp3) is 0.571. The second-order valence-corrected chi connectivity index (χ2v) is 7.29. The third-order valence-corrected chi connectivity index (χ3v) is 5.27. The lowest BCUT2D eigenvalue weighted by atomic mass is 10.1. The van der Waals surface area contributed by atoms with Gasteiger partial charge in [0.1, 0.15) is 0 Å². The zero-order valence-corrected chi connectivity index (χ0v) is 13.6. The zero-order valence-electron chi connectivity index (χ0n) is 12.1. The molecule has 0 saturated carbocycles. The molecule has 0 aliphatic carbocycles. The molecule has 0 spiro atoms. The SMILES string of the molecule is CCNCc1cc(S(=O)(=O)NCC2CCOC2)ccc1Cl. The van der Waals surface area contributed by atoms with Crippen LogP contribution in [-0.4, -0.2) is 34.7 Å². The second kappa shape index (κ2) is 7.56. The minimum absolute atomic E-state index is 0.249. The normalized spacial score (nSPS) is 19.0.